The highest BCUT2D eigenvalue weighted by Gasteiger charge is 2.36. The summed E-state index contributed by atoms with van der Waals surface area (Å²) in [7, 11) is 0. The maximum Gasteiger partial charge on any atom is 0.416 e. The van der Waals surface area contributed by atoms with E-state index in [2.05, 4.69) is 10.3 Å². The lowest BCUT2D eigenvalue weighted by molar-refractivity contribution is 0.0522. The molecule has 178 valence electrons. The number of carbonyl (C=O) groups is 3. The molecule has 1 aliphatic carbocycles. The van der Waals surface area contributed by atoms with Crippen molar-refractivity contribution in [3.63, 3.8) is 0 Å². The molecule has 0 atom stereocenters. The first-order valence-corrected chi connectivity index (χ1v) is 11.3. The van der Waals surface area contributed by atoms with Gasteiger partial charge in [-0.1, -0.05) is 0 Å². The molecule has 32 heavy (non-hydrogen) atoms. The second kappa shape index (κ2) is 10.8. The van der Waals surface area contributed by atoms with Crippen LogP contribution in [0.5, 0.6) is 0 Å². The fraction of sp³-hybridized carbons (Fsp3) is 0.667. The van der Waals surface area contributed by atoms with Gasteiger partial charge < -0.3 is 14.8 Å². The molecule has 0 aromatic carbocycles. The number of Topliss-reactive ketones (excluding diaryl/α,β-unsaturated/α-hetero) is 1. The van der Waals surface area contributed by atoms with Gasteiger partial charge in [-0.25, -0.2) is 14.6 Å². The number of hydrogen-bond acceptors (Lipinski definition) is 6. The average molecular weight is 448 g/mol. The molecule has 1 fully saturated rings. The van der Waals surface area contributed by atoms with Crippen molar-refractivity contribution >= 4 is 23.8 Å². The van der Waals surface area contributed by atoms with E-state index >= 15 is 0 Å². The van der Waals surface area contributed by atoms with E-state index in [4.69, 9.17) is 9.47 Å². The van der Waals surface area contributed by atoms with Gasteiger partial charge in [-0.15, -0.1) is 0 Å². The zero-order valence-electron chi connectivity index (χ0n) is 20.2. The van der Waals surface area contributed by atoms with Crippen molar-refractivity contribution in [3.05, 3.63) is 23.9 Å². The van der Waals surface area contributed by atoms with Crippen LogP contribution in [-0.2, 0) is 9.47 Å². The number of hydrogen-bond donors (Lipinski definition) is 1. The lowest BCUT2D eigenvalue weighted by atomic mass is 9.91. The molecular weight excluding hydrogens is 410 g/mol. The molecule has 8 nitrogen and oxygen atoms in total. The molecular formula is C24H37N3O5. The van der Waals surface area contributed by atoms with Crippen LogP contribution in [0.2, 0.25) is 0 Å². The molecule has 1 N–H and O–H groups in total. The number of nitrogens with zero attached hydrogens (tertiary/aromatic N) is 2. The SMILES string of the molecule is CC(C)(C)OC(=O)NCCCCC(=O)c1cccnc1N(C(=O)OC(C)(C)C)C1CCC1. The highest BCUT2D eigenvalue weighted by Crippen LogP contribution is 2.32. The fourth-order valence-corrected chi connectivity index (χ4v) is 3.22. The second-order valence-electron chi connectivity index (χ2n) is 10.1. The third-order valence-corrected chi connectivity index (χ3v) is 4.84. The molecule has 1 saturated carbocycles. The first-order chi connectivity index (χ1) is 14.9. The number of nitrogens with one attached hydrogen (secondary N) is 1. The fourth-order valence-electron chi connectivity index (χ4n) is 3.22. The van der Waals surface area contributed by atoms with Crippen molar-refractivity contribution in [1.82, 2.24) is 10.3 Å². The van der Waals surface area contributed by atoms with Crippen molar-refractivity contribution in [2.75, 3.05) is 11.4 Å². The van der Waals surface area contributed by atoms with Crippen LogP contribution >= 0.6 is 0 Å². The quantitative estimate of drug-likeness (QED) is 0.431. The first-order valence-electron chi connectivity index (χ1n) is 11.3. The summed E-state index contributed by atoms with van der Waals surface area (Å²) in [6.45, 7) is 11.3. The highest BCUT2D eigenvalue weighted by atomic mass is 16.6. The van der Waals surface area contributed by atoms with Crippen LogP contribution in [0.15, 0.2) is 18.3 Å². The van der Waals surface area contributed by atoms with Gasteiger partial charge in [0.15, 0.2) is 5.78 Å². The third-order valence-electron chi connectivity index (χ3n) is 4.84. The van der Waals surface area contributed by atoms with Crippen molar-refractivity contribution in [3.8, 4) is 0 Å². The van der Waals surface area contributed by atoms with Gasteiger partial charge >= 0.3 is 12.2 Å². The summed E-state index contributed by atoms with van der Waals surface area (Å²) in [5.74, 6) is 0.279. The van der Waals surface area contributed by atoms with Crippen LogP contribution in [0.1, 0.15) is 90.4 Å². The molecule has 0 saturated heterocycles. The Morgan fingerprint density at radius 2 is 1.72 bits per heavy atom. The largest absolute Gasteiger partial charge is 0.444 e. The third kappa shape index (κ3) is 8.13. The smallest absolute Gasteiger partial charge is 0.416 e. The maximum absolute atomic E-state index is 13.0. The van der Waals surface area contributed by atoms with E-state index in [0.717, 1.165) is 19.3 Å². The zero-order valence-corrected chi connectivity index (χ0v) is 20.2. The summed E-state index contributed by atoms with van der Waals surface area (Å²) < 4.78 is 10.8. The molecule has 1 aliphatic rings. The van der Waals surface area contributed by atoms with E-state index in [1.807, 2.05) is 20.8 Å². The van der Waals surface area contributed by atoms with E-state index in [1.165, 1.54) is 0 Å². The van der Waals surface area contributed by atoms with Crippen LogP contribution in [0.3, 0.4) is 0 Å². The Labute approximate surface area is 191 Å². The lowest BCUT2D eigenvalue weighted by Crippen LogP contribution is -2.47. The van der Waals surface area contributed by atoms with Crippen LogP contribution in [0.25, 0.3) is 0 Å². The summed E-state index contributed by atoms with van der Waals surface area (Å²) in [5, 5.41) is 2.69. The van der Waals surface area contributed by atoms with Crippen LogP contribution < -0.4 is 10.2 Å². The number of amides is 2. The van der Waals surface area contributed by atoms with Crippen LogP contribution in [0.4, 0.5) is 15.4 Å². The van der Waals surface area contributed by atoms with E-state index in [1.54, 1.807) is 44.0 Å². The van der Waals surface area contributed by atoms with Gasteiger partial charge in [0.25, 0.3) is 0 Å². The Bertz CT molecular complexity index is 807. The topological polar surface area (TPSA) is 97.8 Å². The summed E-state index contributed by atoms with van der Waals surface area (Å²) in [4.78, 5) is 43.5. The summed E-state index contributed by atoms with van der Waals surface area (Å²) in [6.07, 6.45) is 4.93. The number of unbranched alkanes of at least 4 members (excludes halogenated alkanes) is 1. The number of aromatic nitrogens is 1. The molecule has 0 aliphatic heterocycles. The Balaban J connectivity index is 1.99. The zero-order chi connectivity index (χ0) is 23.9. The van der Waals surface area contributed by atoms with Crippen molar-refractivity contribution < 1.29 is 23.9 Å². The van der Waals surface area contributed by atoms with Crippen molar-refractivity contribution in [2.24, 2.45) is 0 Å². The minimum Gasteiger partial charge on any atom is -0.444 e. The molecule has 2 amide bonds. The molecule has 1 aromatic heterocycles. The van der Waals surface area contributed by atoms with E-state index in [0.29, 0.717) is 37.2 Å². The molecule has 0 unspecified atom stereocenters. The number of alkyl carbamates (subject to hydrolysis) is 1. The Kier molecular flexibility index (Phi) is 8.64. The minimum atomic E-state index is -0.640. The average Bonchev–Trinajstić information content (AvgIpc) is 2.61. The highest BCUT2D eigenvalue weighted by molar-refractivity contribution is 6.03. The Morgan fingerprint density at radius 1 is 1.06 bits per heavy atom. The predicted octanol–water partition coefficient (Wildman–Crippen LogP) is 5.25. The van der Waals surface area contributed by atoms with Gasteiger partial charge in [-0.2, -0.15) is 0 Å². The molecule has 2 rings (SSSR count). The number of rotatable bonds is 8. The van der Waals surface area contributed by atoms with E-state index < -0.39 is 23.4 Å². The van der Waals surface area contributed by atoms with Crippen LogP contribution in [0, 0.1) is 0 Å². The molecule has 1 heterocycles. The number of pyridine rings is 1. The van der Waals surface area contributed by atoms with Gasteiger partial charge in [0.05, 0.1) is 5.56 Å². The van der Waals surface area contributed by atoms with Gasteiger partial charge in [-0.3, -0.25) is 9.69 Å². The maximum atomic E-state index is 13.0. The second-order valence-corrected chi connectivity index (χ2v) is 10.1. The summed E-state index contributed by atoms with van der Waals surface area (Å²) in [6, 6.07) is 3.40. The number of ketones is 1. The predicted molar refractivity (Wildman–Crippen MR) is 123 cm³/mol. The molecule has 0 spiro atoms. The number of anilines is 1. The van der Waals surface area contributed by atoms with Crippen LogP contribution in [-0.4, -0.2) is 46.7 Å². The van der Waals surface area contributed by atoms with Crippen molar-refractivity contribution in [1.29, 1.82) is 0 Å². The Morgan fingerprint density at radius 3 is 2.28 bits per heavy atom. The van der Waals surface area contributed by atoms with Crippen molar-refractivity contribution in [2.45, 2.75) is 97.3 Å². The minimum absolute atomic E-state index is 0.00988. The molecule has 0 bridgehead atoms. The standard InChI is InChI=1S/C24H37N3O5/c1-23(2,3)31-21(29)26-15-8-7-14-19(28)18-13-10-16-25-20(18)27(17-11-9-12-17)22(30)32-24(4,5)6/h10,13,16-17H,7-9,11-12,14-15H2,1-6H3,(H,26,29). The number of ether oxygens (including phenoxy) is 2. The molecule has 8 heteroatoms. The molecule has 0 radical (unpaired) electrons. The summed E-state index contributed by atoms with van der Waals surface area (Å²) >= 11 is 0. The Hall–Kier alpha value is -2.64. The van der Waals surface area contributed by atoms with Gasteiger partial charge in [0.1, 0.15) is 17.0 Å². The van der Waals surface area contributed by atoms with Gasteiger partial charge in [-0.05, 0) is 85.8 Å². The molecule has 1 aromatic rings. The van der Waals surface area contributed by atoms with Gasteiger partial charge in [0.2, 0.25) is 0 Å². The lowest BCUT2D eigenvalue weighted by Gasteiger charge is -2.38. The number of carbonyl (C=O) groups excluding carboxylic acids is 3. The van der Waals surface area contributed by atoms with Gasteiger partial charge in [0, 0.05) is 25.2 Å². The summed E-state index contributed by atoms with van der Waals surface area (Å²) in [5.41, 5.74) is -0.763. The van der Waals surface area contributed by atoms with E-state index in [9.17, 15) is 14.4 Å². The normalized spacial score (nSPS) is 14.3. The van der Waals surface area contributed by atoms with E-state index in [-0.39, 0.29) is 11.8 Å². The first kappa shape index (κ1) is 25.6. The monoisotopic (exact) mass is 447 g/mol.